The predicted octanol–water partition coefficient (Wildman–Crippen LogP) is 2.45. The van der Waals surface area contributed by atoms with E-state index in [1.54, 1.807) is 24.3 Å². The highest BCUT2D eigenvalue weighted by atomic mass is 16.2. The molecule has 6 heteroatoms. The van der Waals surface area contributed by atoms with Crippen LogP contribution in [0.3, 0.4) is 0 Å². The highest BCUT2D eigenvalue weighted by Gasteiger charge is 2.41. The number of hydrogen-bond acceptors (Lipinski definition) is 4. The number of benzene rings is 1. The molecule has 1 saturated heterocycles. The Morgan fingerprint density at radius 1 is 1.12 bits per heavy atom. The molecule has 2 aliphatic rings. The van der Waals surface area contributed by atoms with Crippen molar-refractivity contribution in [2.45, 2.75) is 58.0 Å². The maximum absolute atomic E-state index is 12.7. The molecule has 134 valence electrons. The molecule has 1 aromatic rings. The Morgan fingerprint density at radius 3 is 2.44 bits per heavy atom. The first kappa shape index (κ1) is 17.6. The fourth-order valence-electron chi connectivity index (χ4n) is 3.75. The number of nitrogens with zero attached hydrogens (tertiary/aromatic N) is 1. The molecule has 2 fully saturated rings. The molecule has 1 aliphatic heterocycles. The summed E-state index contributed by atoms with van der Waals surface area (Å²) in [5, 5.41) is 6.09. The van der Waals surface area contributed by atoms with Crippen LogP contribution in [0.25, 0.3) is 0 Å². The van der Waals surface area contributed by atoms with E-state index in [9.17, 15) is 14.4 Å². The average molecular weight is 343 g/mol. The van der Waals surface area contributed by atoms with E-state index < -0.39 is 6.04 Å². The van der Waals surface area contributed by atoms with Gasteiger partial charge in [-0.15, -0.1) is 0 Å². The van der Waals surface area contributed by atoms with Crippen LogP contribution in [-0.4, -0.2) is 29.8 Å². The van der Waals surface area contributed by atoms with Gasteiger partial charge in [0, 0.05) is 18.7 Å². The zero-order valence-corrected chi connectivity index (χ0v) is 14.7. The highest BCUT2D eigenvalue weighted by molar-refractivity contribution is 6.22. The van der Waals surface area contributed by atoms with E-state index in [-0.39, 0.29) is 24.1 Å². The molecule has 1 saturated carbocycles. The molecule has 0 spiro atoms. The minimum Gasteiger partial charge on any atom is -0.326 e. The molecule has 0 unspecified atom stereocenters. The lowest BCUT2D eigenvalue weighted by atomic mass is 9.85. The fourth-order valence-corrected chi connectivity index (χ4v) is 3.75. The molecule has 25 heavy (non-hydrogen) atoms. The first-order valence-corrected chi connectivity index (χ1v) is 8.96. The van der Waals surface area contributed by atoms with Gasteiger partial charge in [-0.1, -0.05) is 19.8 Å². The molecule has 0 aromatic heterocycles. The minimum absolute atomic E-state index is 0.160. The molecule has 3 amide bonds. The third-order valence-electron chi connectivity index (χ3n) is 5.12. The fraction of sp³-hybridized carbons (Fsp3) is 0.526. The van der Waals surface area contributed by atoms with Gasteiger partial charge in [-0.25, -0.2) is 4.90 Å². The Balaban J connectivity index is 1.69. The third kappa shape index (κ3) is 3.90. The molecule has 3 rings (SSSR count). The molecular weight excluding hydrogens is 318 g/mol. The summed E-state index contributed by atoms with van der Waals surface area (Å²) in [7, 11) is 0. The lowest BCUT2D eigenvalue weighted by Gasteiger charge is -2.31. The van der Waals surface area contributed by atoms with Crippen LogP contribution in [0.4, 0.5) is 11.4 Å². The highest BCUT2D eigenvalue weighted by Crippen LogP contribution is 2.28. The normalized spacial score (nSPS) is 26.8. The van der Waals surface area contributed by atoms with E-state index in [1.807, 2.05) is 0 Å². The number of imide groups is 1. The number of anilines is 2. The van der Waals surface area contributed by atoms with E-state index >= 15 is 0 Å². The van der Waals surface area contributed by atoms with E-state index in [0.29, 0.717) is 23.3 Å². The number of nitrogens with one attached hydrogen (secondary N) is 2. The van der Waals surface area contributed by atoms with Gasteiger partial charge in [-0.3, -0.25) is 14.4 Å². The molecular formula is C19H25N3O3. The lowest BCUT2D eigenvalue weighted by molar-refractivity contribution is -0.122. The summed E-state index contributed by atoms with van der Waals surface area (Å²) in [6, 6.07) is 6.63. The van der Waals surface area contributed by atoms with Crippen molar-refractivity contribution in [1.82, 2.24) is 5.32 Å². The Kier molecular flexibility index (Phi) is 5.18. The second kappa shape index (κ2) is 7.35. The van der Waals surface area contributed by atoms with Gasteiger partial charge in [-0.05, 0) is 43.0 Å². The standard InChI is InChI=1S/C19H25N3O3/c1-12-5-3-4-6-16(12)21-17-11-18(24)22(19(17)25)15-9-7-14(8-10-15)20-13(2)23/h7-10,12,16-17,21H,3-6,11H2,1-2H3,(H,20,23)/t12-,16-,17-/m0/s1. The predicted molar refractivity (Wildman–Crippen MR) is 96.2 cm³/mol. The number of hydrogen-bond donors (Lipinski definition) is 2. The monoisotopic (exact) mass is 343 g/mol. The molecule has 3 atom stereocenters. The SMILES string of the molecule is CC(=O)Nc1ccc(N2C(=O)C[C@H](N[C@H]3CCCC[C@@H]3C)C2=O)cc1. The molecule has 1 heterocycles. The van der Waals surface area contributed by atoms with Crippen LogP contribution < -0.4 is 15.5 Å². The maximum Gasteiger partial charge on any atom is 0.251 e. The van der Waals surface area contributed by atoms with Crippen molar-refractivity contribution < 1.29 is 14.4 Å². The van der Waals surface area contributed by atoms with Gasteiger partial charge in [-0.2, -0.15) is 0 Å². The summed E-state index contributed by atoms with van der Waals surface area (Å²) in [5.74, 6) is 0.00266. The van der Waals surface area contributed by atoms with Gasteiger partial charge in [0.1, 0.15) is 0 Å². The van der Waals surface area contributed by atoms with Gasteiger partial charge in [0.15, 0.2) is 0 Å². The largest absolute Gasteiger partial charge is 0.326 e. The van der Waals surface area contributed by atoms with Crippen molar-refractivity contribution in [3.05, 3.63) is 24.3 Å². The summed E-state index contributed by atoms with van der Waals surface area (Å²) >= 11 is 0. The van der Waals surface area contributed by atoms with Gasteiger partial charge in [0.25, 0.3) is 5.91 Å². The Hall–Kier alpha value is -2.21. The van der Waals surface area contributed by atoms with Crippen LogP contribution in [0.15, 0.2) is 24.3 Å². The first-order valence-electron chi connectivity index (χ1n) is 8.96. The van der Waals surface area contributed by atoms with Gasteiger partial charge < -0.3 is 10.6 Å². The molecule has 0 bridgehead atoms. The maximum atomic E-state index is 12.7. The minimum atomic E-state index is -0.437. The summed E-state index contributed by atoms with van der Waals surface area (Å²) in [6.07, 6.45) is 4.84. The second-order valence-electron chi connectivity index (χ2n) is 7.09. The molecule has 1 aliphatic carbocycles. The van der Waals surface area contributed by atoms with Crippen molar-refractivity contribution >= 4 is 29.1 Å². The summed E-state index contributed by atoms with van der Waals surface area (Å²) in [6.45, 7) is 3.64. The zero-order valence-electron chi connectivity index (χ0n) is 14.7. The van der Waals surface area contributed by atoms with Crippen LogP contribution >= 0.6 is 0 Å². The third-order valence-corrected chi connectivity index (χ3v) is 5.12. The second-order valence-corrected chi connectivity index (χ2v) is 7.09. The Morgan fingerprint density at radius 2 is 1.80 bits per heavy atom. The average Bonchev–Trinajstić information content (AvgIpc) is 2.84. The Bertz CT molecular complexity index is 671. The van der Waals surface area contributed by atoms with Gasteiger partial charge in [0.2, 0.25) is 11.8 Å². The van der Waals surface area contributed by atoms with Gasteiger partial charge in [0.05, 0.1) is 18.2 Å². The first-order chi connectivity index (χ1) is 12.0. The quantitative estimate of drug-likeness (QED) is 0.823. The van der Waals surface area contributed by atoms with E-state index in [4.69, 9.17) is 0 Å². The lowest BCUT2D eigenvalue weighted by Crippen LogP contribution is -2.47. The zero-order chi connectivity index (χ0) is 18.0. The van der Waals surface area contributed by atoms with Crippen molar-refractivity contribution in [1.29, 1.82) is 0 Å². The van der Waals surface area contributed by atoms with Gasteiger partial charge >= 0.3 is 0 Å². The number of carbonyl (C=O) groups excluding carboxylic acids is 3. The van der Waals surface area contributed by atoms with Crippen molar-refractivity contribution in [2.24, 2.45) is 5.92 Å². The number of carbonyl (C=O) groups is 3. The topological polar surface area (TPSA) is 78.5 Å². The van der Waals surface area contributed by atoms with E-state index in [0.717, 1.165) is 6.42 Å². The summed E-state index contributed by atoms with van der Waals surface area (Å²) < 4.78 is 0. The summed E-state index contributed by atoms with van der Waals surface area (Å²) in [4.78, 5) is 37.4. The smallest absolute Gasteiger partial charge is 0.251 e. The number of rotatable bonds is 4. The van der Waals surface area contributed by atoms with Crippen LogP contribution in [-0.2, 0) is 14.4 Å². The molecule has 1 aromatic carbocycles. The van der Waals surface area contributed by atoms with Crippen LogP contribution in [0.5, 0.6) is 0 Å². The van der Waals surface area contributed by atoms with E-state index in [2.05, 4.69) is 17.6 Å². The van der Waals surface area contributed by atoms with Crippen molar-refractivity contribution in [3.8, 4) is 0 Å². The Labute approximate surface area is 148 Å². The van der Waals surface area contributed by atoms with Crippen LogP contribution in [0, 0.1) is 5.92 Å². The molecule has 0 radical (unpaired) electrons. The molecule has 6 nitrogen and oxygen atoms in total. The van der Waals surface area contributed by atoms with E-state index in [1.165, 1.54) is 31.1 Å². The van der Waals surface area contributed by atoms with Crippen LogP contribution in [0.2, 0.25) is 0 Å². The molecule has 2 N–H and O–H groups in total. The van der Waals surface area contributed by atoms with Crippen molar-refractivity contribution in [2.75, 3.05) is 10.2 Å². The number of amides is 3. The summed E-state index contributed by atoms with van der Waals surface area (Å²) in [5.41, 5.74) is 1.19. The van der Waals surface area contributed by atoms with Crippen molar-refractivity contribution in [3.63, 3.8) is 0 Å². The van der Waals surface area contributed by atoms with Crippen LogP contribution in [0.1, 0.15) is 46.0 Å².